The van der Waals surface area contributed by atoms with Crippen LogP contribution in [0.15, 0.2) is 47.1 Å². The number of benzene rings is 2. The zero-order valence-corrected chi connectivity index (χ0v) is 14.6. The number of rotatable bonds is 5. The minimum atomic E-state index is 0.525. The Morgan fingerprint density at radius 1 is 0.923 bits per heavy atom. The Hall–Kier alpha value is -3.48. The molecular weight excluding hydrogens is 334 g/mol. The molecule has 0 bridgehead atoms. The fourth-order valence-corrected chi connectivity index (χ4v) is 2.90. The third-order valence-corrected chi connectivity index (χ3v) is 4.09. The van der Waals surface area contributed by atoms with Gasteiger partial charge in [-0.25, -0.2) is 9.97 Å². The van der Waals surface area contributed by atoms with Gasteiger partial charge in [-0.2, -0.15) is 0 Å². The molecule has 0 aliphatic heterocycles. The van der Waals surface area contributed by atoms with Gasteiger partial charge in [-0.1, -0.05) is 12.1 Å². The lowest BCUT2D eigenvalue weighted by Crippen LogP contribution is -1.99. The molecule has 2 heterocycles. The summed E-state index contributed by atoms with van der Waals surface area (Å²) in [5, 5.41) is 4.19. The molecule has 7 nitrogen and oxygen atoms in total. The lowest BCUT2D eigenvalue weighted by Gasteiger charge is -2.14. The van der Waals surface area contributed by atoms with Gasteiger partial charge in [0.15, 0.2) is 22.9 Å². The molecule has 7 heteroatoms. The van der Waals surface area contributed by atoms with Gasteiger partial charge < -0.3 is 23.9 Å². The molecule has 0 aliphatic carbocycles. The van der Waals surface area contributed by atoms with Crippen LogP contribution >= 0.6 is 0 Å². The molecule has 0 spiro atoms. The quantitative estimate of drug-likeness (QED) is 0.579. The smallest absolute Gasteiger partial charge is 0.203 e. The summed E-state index contributed by atoms with van der Waals surface area (Å²) in [6, 6.07) is 11.4. The van der Waals surface area contributed by atoms with Crippen molar-refractivity contribution in [2.45, 2.75) is 0 Å². The van der Waals surface area contributed by atoms with E-state index in [4.69, 9.17) is 18.6 Å². The summed E-state index contributed by atoms with van der Waals surface area (Å²) < 4.78 is 22.1. The summed E-state index contributed by atoms with van der Waals surface area (Å²) in [5.41, 5.74) is 2.82. The van der Waals surface area contributed by atoms with E-state index in [9.17, 15) is 0 Å². The maximum absolute atomic E-state index is 5.94. The molecular formula is C19H17N3O4. The van der Waals surface area contributed by atoms with Gasteiger partial charge in [0.2, 0.25) is 5.75 Å². The van der Waals surface area contributed by atoms with Crippen LogP contribution in [0.2, 0.25) is 0 Å². The summed E-state index contributed by atoms with van der Waals surface area (Å²) in [6.07, 6.45) is 1.50. The molecule has 1 N–H and O–H groups in total. The van der Waals surface area contributed by atoms with E-state index < -0.39 is 0 Å². The highest BCUT2D eigenvalue weighted by Gasteiger charge is 2.16. The van der Waals surface area contributed by atoms with Gasteiger partial charge in [0, 0.05) is 23.2 Å². The Bertz CT molecular complexity index is 1070. The Morgan fingerprint density at radius 3 is 2.35 bits per heavy atom. The first-order chi connectivity index (χ1) is 12.7. The van der Waals surface area contributed by atoms with E-state index in [0.29, 0.717) is 28.6 Å². The van der Waals surface area contributed by atoms with Crippen molar-refractivity contribution in [3.63, 3.8) is 0 Å². The summed E-state index contributed by atoms with van der Waals surface area (Å²) >= 11 is 0. The van der Waals surface area contributed by atoms with Gasteiger partial charge in [0.25, 0.3) is 0 Å². The van der Waals surface area contributed by atoms with Crippen molar-refractivity contribution in [3.8, 4) is 17.2 Å². The van der Waals surface area contributed by atoms with Crippen LogP contribution in [0.3, 0.4) is 0 Å². The lowest BCUT2D eigenvalue weighted by molar-refractivity contribution is 0.324. The molecule has 0 amide bonds. The zero-order valence-electron chi connectivity index (χ0n) is 14.6. The molecule has 0 aliphatic rings. The number of furan rings is 1. The van der Waals surface area contributed by atoms with Crippen molar-refractivity contribution < 1.29 is 18.6 Å². The molecule has 26 heavy (non-hydrogen) atoms. The molecule has 0 atom stereocenters. The zero-order chi connectivity index (χ0) is 18.1. The number of hydrogen-bond donors (Lipinski definition) is 1. The Balaban J connectivity index is 1.82. The van der Waals surface area contributed by atoms with E-state index in [1.54, 1.807) is 33.5 Å². The first kappa shape index (κ1) is 16.0. The molecule has 132 valence electrons. The number of methoxy groups -OCH3 is 3. The van der Waals surface area contributed by atoms with Crippen LogP contribution in [0.1, 0.15) is 0 Å². The van der Waals surface area contributed by atoms with E-state index in [-0.39, 0.29) is 0 Å². The first-order valence-corrected chi connectivity index (χ1v) is 7.94. The molecule has 2 aromatic heterocycles. The predicted octanol–water partition coefficient (Wildman–Crippen LogP) is 4.15. The number of para-hydroxylation sites is 1. The third-order valence-electron chi connectivity index (χ3n) is 4.09. The van der Waals surface area contributed by atoms with Crippen molar-refractivity contribution in [2.24, 2.45) is 0 Å². The summed E-state index contributed by atoms with van der Waals surface area (Å²) in [7, 11) is 4.71. The highest BCUT2D eigenvalue weighted by atomic mass is 16.5. The van der Waals surface area contributed by atoms with Crippen molar-refractivity contribution >= 4 is 33.6 Å². The van der Waals surface area contributed by atoms with E-state index in [0.717, 1.165) is 22.2 Å². The van der Waals surface area contributed by atoms with Crippen molar-refractivity contribution in [1.82, 2.24) is 9.97 Å². The van der Waals surface area contributed by atoms with Gasteiger partial charge in [-0.3, -0.25) is 0 Å². The second-order valence-corrected chi connectivity index (χ2v) is 5.54. The number of aromatic nitrogens is 2. The van der Waals surface area contributed by atoms with Crippen LogP contribution in [0.5, 0.6) is 17.2 Å². The van der Waals surface area contributed by atoms with Gasteiger partial charge >= 0.3 is 0 Å². The molecule has 2 aromatic carbocycles. The molecule has 0 radical (unpaired) electrons. The van der Waals surface area contributed by atoms with Crippen molar-refractivity contribution in [2.75, 3.05) is 26.6 Å². The van der Waals surface area contributed by atoms with E-state index in [2.05, 4.69) is 15.3 Å². The van der Waals surface area contributed by atoms with E-state index >= 15 is 0 Å². The van der Waals surface area contributed by atoms with Gasteiger partial charge in [-0.05, 0) is 12.1 Å². The average Bonchev–Trinajstić information content (AvgIpc) is 3.07. The van der Waals surface area contributed by atoms with Crippen LogP contribution in [0.4, 0.5) is 11.5 Å². The van der Waals surface area contributed by atoms with Gasteiger partial charge in [-0.15, -0.1) is 0 Å². The number of nitrogens with one attached hydrogen (secondary N) is 1. The van der Waals surface area contributed by atoms with Gasteiger partial charge in [0.05, 0.1) is 21.3 Å². The normalized spacial score (nSPS) is 10.9. The lowest BCUT2D eigenvalue weighted by atomic mass is 10.2. The SMILES string of the molecule is COc1cc(Nc2ncnc3c2oc2ccccc23)cc(OC)c1OC. The highest BCUT2D eigenvalue weighted by Crippen LogP contribution is 2.41. The minimum Gasteiger partial charge on any atom is -0.493 e. The van der Waals surface area contributed by atoms with Crippen LogP contribution in [0.25, 0.3) is 22.1 Å². The number of anilines is 2. The largest absolute Gasteiger partial charge is 0.493 e. The monoisotopic (exact) mass is 351 g/mol. The number of nitrogens with zero attached hydrogens (tertiary/aromatic N) is 2. The van der Waals surface area contributed by atoms with Gasteiger partial charge in [0.1, 0.15) is 17.4 Å². The molecule has 4 rings (SSSR count). The number of hydrogen-bond acceptors (Lipinski definition) is 7. The topological polar surface area (TPSA) is 78.6 Å². The van der Waals surface area contributed by atoms with Crippen molar-refractivity contribution in [1.29, 1.82) is 0 Å². The number of fused-ring (bicyclic) bond motifs is 3. The maximum atomic E-state index is 5.94. The maximum Gasteiger partial charge on any atom is 0.203 e. The summed E-state index contributed by atoms with van der Waals surface area (Å²) in [6.45, 7) is 0. The minimum absolute atomic E-state index is 0.525. The van der Waals surface area contributed by atoms with Crippen LogP contribution in [-0.4, -0.2) is 31.3 Å². The van der Waals surface area contributed by atoms with Crippen LogP contribution in [0, 0.1) is 0 Å². The molecule has 0 fully saturated rings. The Kier molecular flexibility index (Phi) is 3.96. The molecule has 4 aromatic rings. The average molecular weight is 351 g/mol. The molecule has 0 unspecified atom stereocenters. The fourth-order valence-electron chi connectivity index (χ4n) is 2.90. The van der Waals surface area contributed by atoms with E-state index in [1.165, 1.54) is 6.33 Å². The molecule has 0 saturated carbocycles. The Labute approximate surface area is 149 Å². The third kappa shape index (κ3) is 2.54. The summed E-state index contributed by atoms with van der Waals surface area (Å²) in [4.78, 5) is 8.67. The van der Waals surface area contributed by atoms with Crippen molar-refractivity contribution in [3.05, 3.63) is 42.7 Å². The van der Waals surface area contributed by atoms with Crippen LogP contribution < -0.4 is 19.5 Å². The standard InChI is InChI=1S/C19H17N3O4/c1-23-14-8-11(9-15(24-2)17(14)25-3)22-19-18-16(20-10-21-19)12-6-4-5-7-13(12)26-18/h4-10H,1-3H3,(H,20,21,22). The fraction of sp³-hybridized carbons (Fsp3) is 0.158. The summed E-state index contributed by atoms with van der Waals surface area (Å²) in [5.74, 6) is 2.17. The number of ether oxygens (including phenoxy) is 3. The van der Waals surface area contributed by atoms with Crippen LogP contribution in [-0.2, 0) is 0 Å². The van der Waals surface area contributed by atoms with E-state index in [1.807, 2.05) is 24.3 Å². The molecule has 0 saturated heterocycles. The second-order valence-electron chi connectivity index (χ2n) is 5.54. The Morgan fingerprint density at radius 2 is 1.65 bits per heavy atom. The highest BCUT2D eigenvalue weighted by molar-refractivity contribution is 6.05. The first-order valence-electron chi connectivity index (χ1n) is 7.94. The second kappa shape index (κ2) is 6.44. The predicted molar refractivity (Wildman–Crippen MR) is 98.7 cm³/mol.